The van der Waals surface area contributed by atoms with Crippen molar-refractivity contribution in [3.63, 3.8) is 0 Å². The number of carboxylic acids is 1. The van der Waals surface area contributed by atoms with Gasteiger partial charge in [0.1, 0.15) is 6.10 Å². The molecule has 0 bridgehead atoms. The average molecular weight is 767 g/mol. The van der Waals surface area contributed by atoms with E-state index in [1.165, 1.54) is 44.9 Å². The third-order valence-electron chi connectivity index (χ3n) is 20.8. The Balaban J connectivity index is 0.849. The van der Waals surface area contributed by atoms with Crippen LogP contribution in [0, 0.1) is 92.7 Å². The van der Waals surface area contributed by atoms with E-state index in [1.807, 2.05) is 0 Å². The van der Waals surface area contributed by atoms with Crippen LogP contribution in [0.15, 0.2) is 0 Å². The van der Waals surface area contributed by atoms with Crippen LogP contribution in [-0.4, -0.2) is 56.8 Å². The van der Waals surface area contributed by atoms with Crippen LogP contribution in [0.3, 0.4) is 0 Å². The fourth-order valence-electron chi connectivity index (χ4n) is 17.8. The summed E-state index contributed by atoms with van der Waals surface area (Å²) in [6.45, 7) is 14.4. The van der Waals surface area contributed by atoms with Crippen LogP contribution < -0.4 is 0 Å². The molecule has 4 N–H and O–H groups in total. The van der Waals surface area contributed by atoms with E-state index in [9.17, 15) is 30.0 Å². The van der Waals surface area contributed by atoms with Crippen LogP contribution in [0.4, 0.5) is 0 Å². The van der Waals surface area contributed by atoms with Crippen LogP contribution in [0.25, 0.3) is 0 Å². The number of fused-ring (bicyclic) bond motifs is 10. The Morgan fingerprint density at radius 2 is 1.27 bits per heavy atom. The van der Waals surface area contributed by atoms with Gasteiger partial charge in [-0.25, -0.2) is 0 Å². The summed E-state index contributed by atoms with van der Waals surface area (Å²) in [5.74, 6) is 5.00. The highest BCUT2D eigenvalue weighted by Gasteiger charge is 2.66. The van der Waals surface area contributed by atoms with Crippen molar-refractivity contribution in [2.45, 2.75) is 194 Å². The summed E-state index contributed by atoms with van der Waals surface area (Å²) in [4.78, 5) is 24.9. The highest BCUT2D eigenvalue weighted by Crippen LogP contribution is 2.70. The summed E-state index contributed by atoms with van der Waals surface area (Å²) in [6, 6.07) is 0. The first-order chi connectivity index (χ1) is 26.0. The zero-order valence-electron chi connectivity index (χ0n) is 35.4. The van der Waals surface area contributed by atoms with E-state index >= 15 is 0 Å². The van der Waals surface area contributed by atoms with Crippen molar-refractivity contribution >= 4 is 11.9 Å². The van der Waals surface area contributed by atoms with Gasteiger partial charge in [-0.1, -0.05) is 41.5 Å². The zero-order valence-corrected chi connectivity index (χ0v) is 35.4. The summed E-state index contributed by atoms with van der Waals surface area (Å²) in [6.07, 6.45) is 18.4. The number of aliphatic hydroxyl groups excluding tert-OH is 3. The topological polar surface area (TPSA) is 124 Å². The molecular formula is C48H78O7. The number of carbonyl (C=O) groups is 2. The fraction of sp³-hybridized carbons (Fsp3) is 0.958. The van der Waals surface area contributed by atoms with Crippen molar-refractivity contribution < 1.29 is 34.8 Å². The molecule has 0 heterocycles. The molecule has 0 aromatic carbocycles. The number of aliphatic carboxylic acids is 1. The highest BCUT2D eigenvalue weighted by atomic mass is 16.5. The quantitative estimate of drug-likeness (QED) is 0.173. The summed E-state index contributed by atoms with van der Waals surface area (Å²) in [7, 11) is 0. The predicted molar refractivity (Wildman–Crippen MR) is 214 cm³/mol. The Morgan fingerprint density at radius 1 is 0.636 bits per heavy atom. The maximum Gasteiger partial charge on any atom is 0.306 e. The molecule has 8 aliphatic rings. The molecule has 55 heavy (non-hydrogen) atoms. The average Bonchev–Trinajstić information content (AvgIpc) is 3.68. The van der Waals surface area contributed by atoms with Gasteiger partial charge in [-0.2, -0.15) is 0 Å². The first-order valence-electron chi connectivity index (χ1n) is 23.5. The Kier molecular flexibility index (Phi) is 10.9. The van der Waals surface area contributed by atoms with Gasteiger partial charge in [0.15, 0.2) is 0 Å². The molecule has 20 atom stereocenters. The minimum atomic E-state index is -0.753. The van der Waals surface area contributed by atoms with Crippen molar-refractivity contribution in [3.8, 4) is 0 Å². The van der Waals surface area contributed by atoms with Crippen LogP contribution in [0.2, 0.25) is 0 Å². The molecular weight excluding hydrogens is 689 g/mol. The second-order valence-corrected chi connectivity index (χ2v) is 22.7. The van der Waals surface area contributed by atoms with E-state index in [4.69, 9.17) is 4.74 Å². The maximum absolute atomic E-state index is 13.5. The Hall–Kier alpha value is -1.18. The normalized spacial score (nSPS) is 52.7. The van der Waals surface area contributed by atoms with Crippen LogP contribution in [-0.2, 0) is 14.3 Å². The van der Waals surface area contributed by atoms with Crippen LogP contribution in [0.5, 0.6) is 0 Å². The van der Waals surface area contributed by atoms with Gasteiger partial charge >= 0.3 is 11.9 Å². The Bertz CT molecular complexity index is 1430. The molecule has 8 rings (SSSR count). The van der Waals surface area contributed by atoms with Crippen LogP contribution in [0.1, 0.15) is 170 Å². The number of carboxylic acid groups (broad SMARTS) is 1. The first-order valence-corrected chi connectivity index (χ1v) is 23.5. The smallest absolute Gasteiger partial charge is 0.306 e. The summed E-state index contributed by atoms with van der Waals surface area (Å²) in [5.41, 5.74) is 0.506. The van der Waals surface area contributed by atoms with Gasteiger partial charge in [0, 0.05) is 12.8 Å². The van der Waals surface area contributed by atoms with E-state index in [2.05, 4.69) is 41.5 Å². The van der Waals surface area contributed by atoms with Crippen molar-refractivity contribution in [1.82, 2.24) is 0 Å². The Morgan fingerprint density at radius 3 is 2.04 bits per heavy atom. The molecule has 312 valence electrons. The lowest BCUT2D eigenvalue weighted by Crippen LogP contribution is -2.62. The number of esters is 1. The van der Waals surface area contributed by atoms with E-state index in [0.717, 1.165) is 75.5 Å². The van der Waals surface area contributed by atoms with Gasteiger partial charge in [-0.3, -0.25) is 9.59 Å². The predicted octanol–water partition coefficient (Wildman–Crippen LogP) is 9.44. The number of carbonyl (C=O) groups excluding carboxylic acids is 1. The molecule has 0 saturated heterocycles. The van der Waals surface area contributed by atoms with Crippen molar-refractivity contribution in [3.05, 3.63) is 0 Å². The molecule has 0 amide bonds. The maximum atomic E-state index is 13.5. The van der Waals surface area contributed by atoms with E-state index in [-0.39, 0.29) is 70.9 Å². The SMILES string of the molecule is C[C@H](CCC(=O)O)[C@H]1CC[C@H]2[C@@H]3[C@H](O)C[C@@H]4C[C@H](OC(=O)CC[C@@H](C)[C@H]5CCC6C7CCC8C[C@H](O)CC[C@]8(C)C7CC[C@@]65C)CC[C@]4(C)[C@H]3C[C@H](O)[C@]12C. The molecule has 0 aromatic heterocycles. The molecule has 8 aliphatic carbocycles. The van der Waals surface area contributed by atoms with E-state index in [0.29, 0.717) is 47.8 Å². The zero-order chi connectivity index (χ0) is 39.2. The third kappa shape index (κ3) is 6.60. The van der Waals surface area contributed by atoms with Gasteiger partial charge in [0.05, 0.1) is 18.3 Å². The molecule has 7 nitrogen and oxygen atoms in total. The molecule has 4 unspecified atom stereocenters. The van der Waals surface area contributed by atoms with E-state index < -0.39 is 18.2 Å². The molecule has 8 fully saturated rings. The lowest BCUT2D eigenvalue weighted by molar-refractivity contribution is -0.209. The minimum Gasteiger partial charge on any atom is -0.481 e. The minimum absolute atomic E-state index is 0.0129. The number of hydrogen-bond donors (Lipinski definition) is 4. The lowest BCUT2D eigenvalue weighted by Gasteiger charge is -2.63. The molecule has 0 spiro atoms. The molecule has 0 aromatic rings. The second-order valence-electron chi connectivity index (χ2n) is 22.7. The number of aliphatic hydroxyl groups is 3. The lowest BCUT2D eigenvalue weighted by atomic mass is 9.43. The standard InChI is InChI=1S/C48H78O7/c1-27(34-11-13-36-33-10-9-29-23-31(49)17-20-45(29,3)37(33)19-22-47(34,36)5)8-16-43(54)55-32-18-21-46(4)30(24-32)25-40(50)44-38-14-12-35(28(2)7-15-42(52)53)48(38,6)41(51)26-39(44)46/h27-41,44,49-51H,7-26H2,1-6H3,(H,52,53)/t27-,28-,29?,30+,31-,32-,33?,34-,35-,36?,37?,38+,39+,40-,41+,44+,45+,46+,47-,48-/m1/s1. The number of ether oxygens (including phenoxy) is 1. The molecule has 0 aliphatic heterocycles. The number of rotatable bonds is 9. The largest absolute Gasteiger partial charge is 0.481 e. The highest BCUT2D eigenvalue weighted by molar-refractivity contribution is 5.69. The number of hydrogen-bond acceptors (Lipinski definition) is 6. The van der Waals surface area contributed by atoms with Gasteiger partial charge in [-0.15, -0.1) is 0 Å². The Labute approximate surface area is 332 Å². The second kappa shape index (κ2) is 14.8. The van der Waals surface area contributed by atoms with E-state index in [1.54, 1.807) is 0 Å². The van der Waals surface area contributed by atoms with Crippen molar-refractivity contribution in [2.24, 2.45) is 92.7 Å². The monoisotopic (exact) mass is 767 g/mol. The first kappa shape index (κ1) is 40.6. The van der Waals surface area contributed by atoms with Crippen molar-refractivity contribution in [1.29, 1.82) is 0 Å². The molecule has 0 radical (unpaired) electrons. The van der Waals surface area contributed by atoms with Gasteiger partial charge < -0.3 is 25.2 Å². The van der Waals surface area contributed by atoms with Crippen molar-refractivity contribution in [2.75, 3.05) is 0 Å². The fourth-order valence-corrected chi connectivity index (χ4v) is 17.8. The molecule has 7 heteroatoms. The summed E-state index contributed by atoms with van der Waals surface area (Å²) >= 11 is 0. The molecule has 8 saturated carbocycles. The van der Waals surface area contributed by atoms with Gasteiger partial charge in [-0.05, 0) is 208 Å². The van der Waals surface area contributed by atoms with Gasteiger partial charge in [0.2, 0.25) is 0 Å². The van der Waals surface area contributed by atoms with Crippen LogP contribution >= 0.6 is 0 Å². The van der Waals surface area contributed by atoms with Gasteiger partial charge in [0.25, 0.3) is 0 Å². The summed E-state index contributed by atoms with van der Waals surface area (Å²) < 4.78 is 6.30. The third-order valence-corrected chi connectivity index (χ3v) is 20.8. The summed E-state index contributed by atoms with van der Waals surface area (Å²) in [5, 5.41) is 43.6.